The van der Waals surface area contributed by atoms with Gasteiger partial charge in [-0.15, -0.1) is 0 Å². The monoisotopic (exact) mass is 619 g/mol. The molecule has 4 aromatic carbocycles. The van der Waals surface area contributed by atoms with Crippen LogP contribution >= 0.6 is 23.2 Å². The quantitative estimate of drug-likeness (QED) is 0.199. The SMILES string of the molecule is CC1(C)CC(=O)C(c2[nH]c3cc(Cl)ccc3c2C2C(=O)N(Cc3ccccc3)c3ccccc32)=C(Nc2ccc(Cl)cc2)C1. The molecular formula is C37H31Cl2N3O2. The predicted octanol–water partition coefficient (Wildman–Crippen LogP) is 9.37. The van der Waals surface area contributed by atoms with Crippen molar-refractivity contribution in [2.75, 3.05) is 10.2 Å². The van der Waals surface area contributed by atoms with Gasteiger partial charge in [0, 0.05) is 50.0 Å². The number of anilines is 2. The maximum absolute atomic E-state index is 14.6. The Labute approximate surface area is 266 Å². The van der Waals surface area contributed by atoms with Gasteiger partial charge in [0.2, 0.25) is 5.91 Å². The van der Waals surface area contributed by atoms with Crippen LogP contribution in [0.1, 0.15) is 55.0 Å². The average Bonchev–Trinajstić information content (AvgIpc) is 3.47. The van der Waals surface area contributed by atoms with E-state index in [1.807, 2.05) is 102 Å². The largest absolute Gasteiger partial charge is 0.358 e. The molecule has 1 amide bonds. The number of rotatable bonds is 6. The lowest BCUT2D eigenvalue weighted by Crippen LogP contribution is -2.30. The van der Waals surface area contributed by atoms with Gasteiger partial charge in [-0.25, -0.2) is 0 Å². The predicted molar refractivity (Wildman–Crippen MR) is 179 cm³/mol. The second-order valence-corrected chi connectivity index (χ2v) is 13.3. The highest BCUT2D eigenvalue weighted by atomic mass is 35.5. The fourth-order valence-corrected chi connectivity index (χ4v) is 7.00. The zero-order chi connectivity index (χ0) is 30.6. The summed E-state index contributed by atoms with van der Waals surface area (Å²) < 4.78 is 0. The minimum Gasteiger partial charge on any atom is -0.358 e. The van der Waals surface area contributed by atoms with Crippen LogP contribution in [-0.2, 0) is 16.1 Å². The number of amides is 1. The van der Waals surface area contributed by atoms with Crippen molar-refractivity contribution in [1.29, 1.82) is 0 Å². The molecule has 5 aromatic rings. The van der Waals surface area contributed by atoms with Crippen LogP contribution in [0.4, 0.5) is 11.4 Å². The number of aromatic amines is 1. The zero-order valence-corrected chi connectivity index (χ0v) is 26.0. The number of para-hydroxylation sites is 1. The number of aromatic nitrogens is 1. The molecule has 1 aromatic heterocycles. The summed E-state index contributed by atoms with van der Waals surface area (Å²) in [6, 6.07) is 31.1. The van der Waals surface area contributed by atoms with Gasteiger partial charge in [0.15, 0.2) is 5.78 Å². The van der Waals surface area contributed by atoms with Gasteiger partial charge in [-0.3, -0.25) is 9.59 Å². The number of benzene rings is 4. The number of hydrogen-bond donors (Lipinski definition) is 2. The van der Waals surface area contributed by atoms with Gasteiger partial charge in [-0.2, -0.15) is 0 Å². The number of Topliss-reactive ketones (excluding diaryl/α,β-unsaturated/α-hetero) is 1. The Morgan fingerprint density at radius 1 is 0.864 bits per heavy atom. The van der Waals surface area contributed by atoms with E-state index in [4.69, 9.17) is 23.2 Å². The normalized spacial score (nSPS) is 17.8. The van der Waals surface area contributed by atoms with Gasteiger partial charge in [-0.05, 0) is 65.4 Å². The topological polar surface area (TPSA) is 65.2 Å². The minimum absolute atomic E-state index is 0.0245. The number of H-pyrrole nitrogens is 1. The van der Waals surface area contributed by atoms with E-state index < -0.39 is 5.92 Å². The van der Waals surface area contributed by atoms with Crippen molar-refractivity contribution < 1.29 is 9.59 Å². The summed E-state index contributed by atoms with van der Waals surface area (Å²) in [6.45, 7) is 4.67. The molecule has 0 saturated heterocycles. The Morgan fingerprint density at radius 2 is 1.57 bits per heavy atom. The third-order valence-electron chi connectivity index (χ3n) is 8.59. The number of nitrogens with one attached hydrogen (secondary N) is 2. The first-order valence-electron chi connectivity index (χ1n) is 14.7. The Balaban J connectivity index is 1.44. The molecule has 0 saturated carbocycles. The van der Waals surface area contributed by atoms with Crippen LogP contribution in [0.15, 0.2) is 103 Å². The van der Waals surface area contributed by atoms with E-state index in [9.17, 15) is 9.59 Å². The van der Waals surface area contributed by atoms with E-state index in [1.165, 1.54) is 0 Å². The number of fused-ring (bicyclic) bond motifs is 2. The summed E-state index contributed by atoms with van der Waals surface area (Å²) >= 11 is 12.6. The Kier molecular flexibility index (Phi) is 7.11. The molecule has 2 N–H and O–H groups in total. The summed E-state index contributed by atoms with van der Waals surface area (Å²) in [7, 11) is 0. The first-order valence-corrected chi connectivity index (χ1v) is 15.5. The highest BCUT2D eigenvalue weighted by Crippen LogP contribution is 2.49. The number of allylic oxidation sites excluding steroid dienone is 2. The van der Waals surface area contributed by atoms with E-state index in [0.29, 0.717) is 40.7 Å². The molecule has 2 aliphatic rings. The lowest BCUT2D eigenvalue weighted by molar-refractivity contribution is -0.119. The fourth-order valence-electron chi connectivity index (χ4n) is 6.71. The van der Waals surface area contributed by atoms with Gasteiger partial charge >= 0.3 is 0 Å². The van der Waals surface area contributed by atoms with Gasteiger partial charge in [0.05, 0.1) is 23.7 Å². The number of carbonyl (C=O) groups is 2. The third kappa shape index (κ3) is 5.10. The molecular weight excluding hydrogens is 589 g/mol. The molecule has 1 unspecified atom stereocenters. The minimum atomic E-state index is -0.605. The smallest absolute Gasteiger partial charge is 0.239 e. The van der Waals surface area contributed by atoms with Gasteiger partial charge < -0.3 is 15.2 Å². The number of ketones is 1. The van der Waals surface area contributed by atoms with Crippen LogP contribution in [0, 0.1) is 5.41 Å². The molecule has 0 radical (unpaired) electrons. The molecule has 0 spiro atoms. The third-order valence-corrected chi connectivity index (χ3v) is 9.08. The van der Waals surface area contributed by atoms with Crippen molar-refractivity contribution in [2.45, 2.75) is 39.2 Å². The molecule has 44 heavy (non-hydrogen) atoms. The van der Waals surface area contributed by atoms with E-state index in [-0.39, 0.29) is 17.1 Å². The second kappa shape index (κ2) is 11.0. The molecule has 5 nitrogen and oxygen atoms in total. The standard InChI is InChI=1S/C37H31Cl2N3O2/c1-37(2)19-29(40-25-15-12-23(38)13-16-25)34(31(43)20-37)35-32(26-17-14-24(39)18-28(26)41-35)33-27-10-6-7-11-30(27)42(36(33)44)21-22-8-4-3-5-9-22/h3-18,33,40-41H,19-21H2,1-2H3. The number of nitrogens with zero attached hydrogens (tertiary/aromatic N) is 1. The maximum Gasteiger partial charge on any atom is 0.239 e. The van der Waals surface area contributed by atoms with E-state index in [0.717, 1.165) is 44.7 Å². The lowest BCUT2D eigenvalue weighted by Gasteiger charge is -2.33. The number of halogens is 2. The van der Waals surface area contributed by atoms with E-state index in [1.54, 1.807) is 0 Å². The van der Waals surface area contributed by atoms with E-state index >= 15 is 0 Å². The highest BCUT2D eigenvalue weighted by molar-refractivity contribution is 6.31. The van der Waals surface area contributed by atoms with Gasteiger partial charge in [0.25, 0.3) is 0 Å². The molecule has 7 heteroatoms. The number of carbonyl (C=O) groups excluding carboxylic acids is 2. The van der Waals surface area contributed by atoms with Crippen LogP contribution in [0.2, 0.25) is 10.0 Å². The van der Waals surface area contributed by atoms with Crippen molar-refractivity contribution in [3.8, 4) is 0 Å². The van der Waals surface area contributed by atoms with Crippen molar-refractivity contribution in [2.24, 2.45) is 5.41 Å². The van der Waals surface area contributed by atoms with Crippen LogP contribution in [0.3, 0.4) is 0 Å². The first-order chi connectivity index (χ1) is 21.2. The first kappa shape index (κ1) is 28.5. The zero-order valence-electron chi connectivity index (χ0n) is 24.5. The number of hydrogen-bond acceptors (Lipinski definition) is 3. The summed E-state index contributed by atoms with van der Waals surface area (Å²) in [5.74, 6) is -0.605. The Hall–Kier alpha value is -4.32. The molecule has 1 aliphatic carbocycles. The summed E-state index contributed by atoms with van der Waals surface area (Å²) in [5.41, 5.74) is 7.07. The van der Waals surface area contributed by atoms with Crippen LogP contribution in [0.25, 0.3) is 16.5 Å². The molecule has 0 fully saturated rings. The second-order valence-electron chi connectivity index (χ2n) is 12.4. The summed E-state index contributed by atoms with van der Waals surface area (Å²) in [4.78, 5) is 34.1. The molecule has 0 bridgehead atoms. The van der Waals surface area contributed by atoms with Crippen molar-refractivity contribution >= 4 is 62.7 Å². The van der Waals surface area contributed by atoms with Crippen molar-refractivity contribution in [3.05, 3.63) is 135 Å². The highest BCUT2D eigenvalue weighted by Gasteiger charge is 2.43. The Bertz CT molecular complexity index is 1960. The molecule has 220 valence electrons. The van der Waals surface area contributed by atoms with E-state index in [2.05, 4.69) is 24.1 Å². The lowest BCUT2D eigenvalue weighted by atomic mass is 9.74. The van der Waals surface area contributed by atoms with Crippen LogP contribution in [-0.4, -0.2) is 16.7 Å². The fraction of sp³-hybridized carbons (Fsp3) is 0.189. The van der Waals surface area contributed by atoms with Crippen LogP contribution in [0.5, 0.6) is 0 Å². The molecule has 1 aliphatic heterocycles. The van der Waals surface area contributed by atoms with Crippen LogP contribution < -0.4 is 10.2 Å². The average molecular weight is 621 g/mol. The summed E-state index contributed by atoms with van der Waals surface area (Å²) in [6.07, 6.45) is 1.04. The molecule has 1 atom stereocenters. The maximum atomic E-state index is 14.6. The Morgan fingerprint density at radius 3 is 2.34 bits per heavy atom. The van der Waals surface area contributed by atoms with Crippen molar-refractivity contribution in [3.63, 3.8) is 0 Å². The van der Waals surface area contributed by atoms with Crippen molar-refractivity contribution in [1.82, 2.24) is 4.98 Å². The van der Waals surface area contributed by atoms with Gasteiger partial charge in [0.1, 0.15) is 0 Å². The molecule has 2 heterocycles. The molecule has 7 rings (SSSR count). The van der Waals surface area contributed by atoms with Gasteiger partial charge in [-0.1, -0.05) is 91.6 Å². The summed E-state index contributed by atoms with van der Waals surface area (Å²) in [5, 5.41) is 5.63.